The summed E-state index contributed by atoms with van der Waals surface area (Å²) in [5, 5.41) is 2.62. The third kappa shape index (κ3) is 1.75. The van der Waals surface area contributed by atoms with E-state index in [2.05, 4.69) is 5.32 Å². The van der Waals surface area contributed by atoms with Gasteiger partial charge < -0.3 is 5.32 Å². The van der Waals surface area contributed by atoms with Crippen LogP contribution >= 0.6 is 0 Å². The van der Waals surface area contributed by atoms with Gasteiger partial charge in [-0.25, -0.2) is 0 Å². The fourth-order valence-corrected chi connectivity index (χ4v) is 1.58. The molecule has 5 heteroatoms. The second kappa shape index (κ2) is 3.12. The first-order chi connectivity index (χ1) is 5.55. The zero-order valence-electron chi connectivity index (χ0n) is 6.44. The summed E-state index contributed by atoms with van der Waals surface area (Å²) in [6.45, 7) is 0. The fourth-order valence-electron chi connectivity index (χ4n) is 0.891. The van der Waals surface area contributed by atoms with Gasteiger partial charge in [-0.3, -0.25) is 0 Å². The van der Waals surface area contributed by atoms with Crippen molar-refractivity contribution < 1.29 is 13.0 Å². The van der Waals surface area contributed by atoms with Crippen molar-refractivity contribution in [2.24, 2.45) is 0 Å². The van der Waals surface area contributed by atoms with Gasteiger partial charge in [0.2, 0.25) is 0 Å². The molecule has 0 saturated carbocycles. The average Bonchev–Trinajstić information content (AvgIpc) is 2.03. The minimum atomic E-state index is -4.36. The molecule has 0 amide bonds. The van der Waals surface area contributed by atoms with Gasteiger partial charge in [-0.1, -0.05) is 16.7 Å². The zero-order chi connectivity index (χ0) is 9.19. The summed E-state index contributed by atoms with van der Waals surface area (Å²) in [5.41, 5.74) is 0.326. The topological polar surface area (TPSA) is 66.1 Å². The monoisotopic (exact) mass is 186 g/mol. The molecule has 65 valence electrons. The van der Waals surface area contributed by atoms with Crippen LogP contribution in [0, 0.1) is 0 Å². The van der Waals surface area contributed by atoms with Gasteiger partial charge in [0, 0.05) is 7.05 Å². The lowest BCUT2D eigenvalue weighted by Crippen LogP contribution is -2.01. The van der Waals surface area contributed by atoms with Crippen LogP contribution in [0.25, 0.3) is 0 Å². The van der Waals surface area contributed by atoms with E-state index >= 15 is 0 Å². The SMILES string of the molecule is CNc1ccccc1S([O])(=O)=O. The maximum absolute atomic E-state index is 10.6. The summed E-state index contributed by atoms with van der Waals surface area (Å²) >= 11 is 0. The summed E-state index contributed by atoms with van der Waals surface area (Å²) in [4.78, 5) is -0.215. The maximum atomic E-state index is 10.6. The molecule has 0 bridgehead atoms. The lowest BCUT2D eigenvalue weighted by Gasteiger charge is -2.03. The van der Waals surface area contributed by atoms with Crippen molar-refractivity contribution in [3.63, 3.8) is 0 Å². The first-order valence-electron chi connectivity index (χ1n) is 3.28. The zero-order valence-corrected chi connectivity index (χ0v) is 7.26. The van der Waals surface area contributed by atoms with E-state index in [9.17, 15) is 13.0 Å². The standard InChI is InChI=1S/C7H8NO3S/c1-8-6-4-2-3-5-7(6)12(9,10)11/h2-5,8H,1H3. The third-order valence-electron chi connectivity index (χ3n) is 1.43. The van der Waals surface area contributed by atoms with E-state index in [0.29, 0.717) is 5.69 Å². The van der Waals surface area contributed by atoms with Crippen LogP contribution in [0.4, 0.5) is 5.69 Å². The molecule has 0 aromatic heterocycles. The van der Waals surface area contributed by atoms with Crippen LogP contribution in [0.15, 0.2) is 29.2 Å². The van der Waals surface area contributed by atoms with Gasteiger partial charge in [-0.2, -0.15) is 8.42 Å². The van der Waals surface area contributed by atoms with Gasteiger partial charge in [0.25, 0.3) is 0 Å². The van der Waals surface area contributed by atoms with Gasteiger partial charge in [0.05, 0.1) is 5.69 Å². The first kappa shape index (κ1) is 9.02. The molecule has 0 aliphatic heterocycles. The summed E-state index contributed by atoms with van der Waals surface area (Å²) in [5.74, 6) is 0. The van der Waals surface area contributed by atoms with E-state index < -0.39 is 10.1 Å². The van der Waals surface area contributed by atoms with Crippen LogP contribution < -0.4 is 5.32 Å². The Morgan fingerprint density at radius 1 is 1.25 bits per heavy atom. The van der Waals surface area contributed by atoms with Crippen molar-refractivity contribution in [3.05, 3.63) is 24.3 Å². The highest BCUT2D eigenvalue weighted by molar-refractivity contribution is 7.85. The van der Waals surface area contributed by atoms with Gasteiger partial charge in [0.15, 0.2) is 0 Å². The molecule has 0 saturated heterocycles. The molecule has 1 rings (SSSR count). The molecule has 1 N–H and O–H groups in total. The largest absolute Gasteiger partial charge is 0.387 e. The molecule has 0 unspecified atom stereocenters. The second-order valence-electron chi connectivity index (χ2n) is 2.20. The predicted octanol–water partition coefficient (Wildman–Crippen LogP) is 0.847. The van der Waals surface area contributed by atoms with E-state index in [0.717, 1.165) is 0 Å². The minimum Gasteiger partial charge on any atom is -0.387 e. The number of para-hydroxylation sites is 1. The highest BCUT2D eigenvalue weighted by Crippen LogP contribution is 2.19. The van der Waals surface area contributed by atoms with Gasteiger partial charge in [0.1, 0.15) is 4.90 Å². The van der Waals surface area contributed by atoms with E-state index in [-0.39, 0.29) is 4.90 Å². The number of anilines is 1. The van der Waals surface area contributed by atoms with Crippen LogP contribution in [0.2, 0.25) is 0 Å². The first-order valence-corrected chi connectivity index (χ1v) is 4.69. The molecule has 0 spiro atoms. The highest BCUT2D eigenvalue weighted by atomic mass is 32.2. The molecule has 12 heavy (non-hydrogen) atoms. The third-order valence-corrected chi connectivity index (χ3v) is 2.32. The Hall–Kier alpha value is -1.07. The van der Waals surface area contributed by atoms with Crippen LogP contribution in [-0.2, 0) is 14.7 Å². The lowest BCUT2D eigenvalue weighted by atomic mass is 10.3. The predicted molar refractivity (Wildman–Crippen MR) is 43.9 cm³/mol. The van der Waals surface area contributed by atoms with Crippen molar-refractivity contribution in [2.45, 2.75) is 4.90 Å². The molecule has 4 nitrogen and oxygen atoms in total. The smallest absolute Gasteiger partial charge is 0.326 e. The Labute approximate surface area is 71.0 Å². The van der Waals surface area contributed by atoms with E-state index in [1.165, 1.54) is 18.2 Å². The molecule has 1 aromatic rings. The number of hydrogen-bond donors (Lipinski definition) is 1. The number of benzene rings is 1. The number of nitrogens with one attached hydrogen (secondary N) is 1. The van der Waals surface area contributed by atoms with Gasteiger partial charge in [-0.05, 0) is 12.1 Å². The van der Waals surface area contributed by atoms with E-state index in [4.69, 9.17) is 0 Å². The molecular weight excluding hydrogens is 178 g/mol. The van der Waals surface area contributed by atoms with Crippen molar-refractivity contribution in [1.29, 1.82) is 0 Å². The Kier molecular flexibility index (Phi) is 2.35. The van der Waals surface area contributed by atoms with Crippen molar-refractivity contribution in [3.8, 4) is 0 Å². The van der Waals surface area contributed by atoms with Crippen LogP contribution in [-0.4, -0.2) is 15.5 Å². The normalized spacial score (nSPS) is 11.2. The van der Waals surface area contributed by atoms with Crippen molar-refractivity contribution >= 4 is 15.8 Å². The number of hydrogen-bond acceptors (Lipinski definition) is 3. The molecule has 0 aliphatic rings. The minimum absolute atomic E-state index is 0.215. The van der Waals surface area contributed by atoms with E-state index in [1.807, 2.05) is 0 Å². The Morgan fingerprint density at radius 2 is 1.83 bits per heavy atom. The van der Waals surface area contributed by atoms with Crippen LogP contribution in [0.1, 0.15) is 0 Å². The Balaban J connectivity index is 3.33. The molecule has 1 radical (unpaired) electrons. The van der Waals surface area contributed by atoms with E-state index in [1.54, 1.807) is 13.1 Å². The summed E-state index contributed by atoms with van der Waals surface area (Å²) < 4.78 is 31.9. The quantitative estimate of drug-likeness (QED) is 0.744. The Morgan fingerprint density at radius 3 is 2.25 bits per heavy atom. The highest BCUT2D eigenvalue weighted by Gasteiger charge is 2.14. The van der Waals surface area contributed by atoms with Crippen molar-refractivity contribution in [2.75, 3.05) is 12.4 Å². The summed E-state index contributed by atoms with van der Waals surface area (Å²) in [7, 11) is -2.80. The second-order valence-corrected chi connectivity index (χ2v) is 3.55. The average molecular weight is 186 g/mol. The molecule has 0 aliphatic carbocycles. The van der Waals surface area contributed by atoms with Crippen LogP contribution in [0.3, 0.4) is 0 Å². The number of rotatable bonds is 2. The maximum Gasteiger partial charge on any atom is 0.326 e. The fraction of sp³-hybridized carbons (Fsp3) is 0.143. The van der Waals surface area contributed by atoms with Gasteiger partial charge >= 0.3 is 10.1 Å². The molecule has 1 aromatic carbocycles. The summed E-state index contributed by atoms with van der Waals surface area (Å²) in [6.07, 6.45) is 0. The summed E-state index contributed by atoms with van der Waals surface area (Å²) in [6, 6.07) is 5.96. The molecule has 0 atom stereocenters. The lowest BCUT2D eigenvalue weighted by molar-refractivity contribution is 0.414. The molecular formula is C7H8NO3S. The molecule has 0 heterocycles. The Bertz CT molecular complexity index is 372. The van der Waals surface area contributed by atoms with Gasteiger partial charge in [-0.15, -0.1) is 0 Å². The van der Waals surface area contributed by atoms with Crippen LogP contribution in [0.5, 0.6) is 0 Å². The van der Waals surface area contributed by atoms with Crippen molar-refractivity contribution in [1.82, 2.24) is 0 Å². The molecule has 0 fully saturated rings.